The summed E-state index contributed by atoms with van der Waals surface area (Å²) in [4.78, 5) is 18.3. The number of nitrogens with zero attached hydrogens (tertiary/aromatic N) is 2. The smallest absolute Gasteiger partial charge is 0.254 e. The van der Waals surface area contributed by atoms with Crippen molar-refractivity contribution in [3.63, 3.8) is 0 Å². The summed E-state index contributed by atoms with van der Waals surface area (Å²) in [6.07, 6.45) is 5.29. The number of rotatable bonds is 3. The highest BCUT2D eigenvalue weighted by molar-refractivity contribution is 6.33. The second kappa shape index (κ2) is 5.88. The Morgan fingerprint density at radius 1 is 1.53 bits per heavy atom. The summed E-state index contributed by atoms with van der Waals surface area (Å²) < 4.78 is 0. The predicted molar refractivity (Wildman–Crippen MR) is 76.4 cm³/mol. The highest BCUT2D eigenvalue weighted by Crippen LogP contribution is 2.29. The number of halogens is 1. The molecule has 1 aliphatic heterocycles. The van der Waals surface area contributed by atoms with Gasteiger partial charge in [-0.1, -0.05) is 18.5 Å². The number of carbonyl (C=O) groups excluding carboxylic acids is 1. The lowest BCUT2D eigenvalue weighted by molar-refractivity contribution is 0.0891. The molecule has 5 heteroatoms. The van der Waals surface area contributed by atoms with E-state index < -0.39 is 0 Å². The van der Waals surface area contributed by atoms with Crippen molar-refractivity contribution in [3.8, 4) is 0 Å². The van der Waals surface area contributed by atoms with Crippen LogP contribution in [0, 0.1) is 5.41 Å². The van der Waals surface area contributed by atoms with Crippen LogP contribution < -0.4 is 5.32 Å². The molecular formula is C14H20ClN3O. The Kier molecular flexibility index (Phi) is 4.42. The molecule has 0 aliphatic carbocycles. The van der Waals surface area contributed by atoms with Crippen molar-refractivity contribution < 1.29 is 4.79 Å². The van der Waals surface area contributed by atoms with Crippen LogP contribution in [0.2, 0.25) is 5.02 Å². The van der Waals surface area contributed by atoms with E-state index in [-0.39, 0.29) is 11.3 Å². The van der Waals surface area contributed by atoms with Gasteiger partial charge in [0.15, 0.2) is 0 Å². The fourth-order valence-corrected chi connectivity index (χ4v) is 2.46. The quantitative estimate of drug-likeness (QED) is 0.924. The molecule has 0 aromatic carbocycles. The van der Waals surface area contributed by atoms with Gasteiger partial charge in [0.2, 0.25) is 0 Å². The number of pyridine rings is 1. The van der Waals surface area contributed by atoms with Crippen molar-refractivity contribution in [1.29, 1.82) is 0 Å². The average Bonchev–Trinajstić information content (AvgIpc) is 2.41. The molecule has 2 rings (SSSR count). The monoisotopic (exact) mass is 281 g/mol. The van der Waals surface area contributed by atoms with Crippen LogP contribution in [0.1, 0.15) is 30.1 Å². The van der Waals surface area contributed by atoms with Crippen LogP contribution in [0.4, 0.5) is 0 Å². The summed E-state index contributed by atoms with van der Waals surface area (Å²) >= 11 is 5.99. The Hall–Kier alpha value is -1.13. The van der Waals surface area contributed by atoms with E-state index in [1.165, 1.54) is 6.20 Å². The summed E-state index contributed by atoms with van der Waals surface area (Å²) in [7, 11) is 2.13. The zero-order chi connectivity index (χ0) is 13.9. The first-order valence-electron chi connectivity index (χ1n) is 6.56. The molecule has 104 valence electrons. The van der Waals surface area contributed by atoms with Crippen molar-refractivity contribution in [3.05, 3.63) is 29.0 Å². The molecule has 0 atom stereocenters. The minimum absolute atomic E-state index is 0.141. The van der Waals surface area contributed by atoms with Gasteiger partial charge in [0.1, 0.15) is 0 Å². The van der Waals surface area contributed by atoms with Gasteiger partial charge in [-0.2, -0.15) is 0 Å². The van der Waals surface area contributed by atoms with Gasteiger partial charge in [0.25, 0.3) is 5.91 Å². The molecule has 1 N–H and O–H groups in total. The van der Waals surface area contributed by atoms with Crippen LogP contribution in [0.15, 0.2) is 18.5 Å². The molecule has 0 bridgehead atoms. The highest BCUT2D eigenvalue weighted by atomic mass is 35.5. The van der Waals surface area contributed by atoms with Gasteiger partial charge in [-0.3, -0.25) is 9.78 Å². The van der Waals surface area contributed by atoms with E-state index in [9.17, 15) is 4.79 Å². The third-order valence-electron chi connectivity index (χ3n) is 3.88. The molecule has 0 radical (unpaired) electrons. The van der Waals surface area contributed by atoms with Crippen LogP contribution in [0.3, 0.4) is 0 Å². The number of hydrogen-bond acceptors (Lipinski definition) is 3. The molecule has 1 amide bonds. The Labute approximate surface area is 119 Å². The summed E-state index contributed by atoms with van der Waals surface area (Å²) in [5, 5.41) is 3.43. The molecule has 19 heavy (non-hydrogen) atoms. The lowest BCUT2D eigenvalue weighted by Crippen LogP contribution is -2.43. The van der Waals surface area contributed by atoms with Crippen molar-refractivity contribution in [2.75, 3.05) is 26.7 Å². The summed E-state index contributed by atoms with van der Waals surface area (Å²) in [6.45, 7) is 5.08. The first-order valence-corrected chi connectivity index (χ1v) is 6.94. The minimum atomic E-state index is -0.141. The van der Waals surface area contributed by atoms with Gasteiger partial charge in [-0.25, -0.2) is 0 Å². The van der Waals surface area contributed by atoms with E-state index in [2.05, 4.69) is 29.2 Å². The first-order chi connectivity index (χ1) is 9.00. The Morgan fingerprint density at radius 3 is 2.84 bits per heavy atom. The molecular weight excluding hydrogens is 262 g/mol. The number of piperidine rings is 1. The van der Waals surface area contributed by atoms with Crippen molar-refractivity contribution >= 4 is 17.5 Å². The molecule has 0 unspecified atom stereocenters. The molecule has 1 aromatic heterocycles. The SMILES string of the molecule is CN1CCC(C)(CNC(=O)c2cnccc2Cl)CC1. The fraction of sp³-hybridized carbons (Fsp3) is 0.571. The topological polar surface area (TPSA) is 45.2 Å². The van der Waals surface area contributed by atoms with E-state index in [0.717, 1.165) is 25.9 Å². The number of aromatic nitrogens is 1. The first kappa shape index (κ1) is 14.3. The maximum Gasteiger partial charge on any atom is 0.254 e. The van der Waals surface area contributed by atoms with E-state index in [1.54, 1.807) is 12.3 Å². The van der Waals surface area contributed by atoms with Crippen LogP contribution in [-0.4, -0.2) is 42.5 Å². The Morgan fingerprint density at radius 2 is 2.21 bits per heavy atom. The van der Waals surface area contributed by atoms with Gasteiger partial charge >= 0.3 is 0 Å². The van der Waals surface area contributed by atoms with Crippen molar-refractivity contribution in [2.24, 2.45) is 5.41 Å². The molecule has 1 aromatic rings. The second-order valence-electron chi connectivity index (χ2n) is 5.65. The van der Waals surface area contributed by atoms with Crippen molar-refractivity contribution in [1.82, 2.24) is 15.2 Å². The number of amides is 1. The zero-order valence-electron chi connectivity index (χ0n) is 11.4. The maximum absolute atomic E-state index is 12.1. The molecule has 0 spiro atoms. The molecule has 4 nitrogen and oxygen atoms in total. The summed E-state index contributed by atoms with van der Waals surface area (Å²) in [5.41, 5.74) is 0.623. The second-order valence-corrected chi connectivity index (χ2v) is 6.06. The lowest BCUT2D eigenvalue weighted by Gasteiger charge is -2.37. The van der Waals surface area contributed by atoms with E-state index in [0.29, 0.717) is 17.1 Å². The summed E-state index contributed by atoms with van der Waals surface area (Å²) in [6, 6.07) is 1.63. The standard InChI is InChI=1S/C14H20ClN3O/c1-14(4-7-18(2)8-5-14)10-17-13(19)11-9-16-6-3-12(11)15/h3,6,9H,4-5,7-8,10H2,1-2H3,(H,17,19). The Balaban J connectivity index is 1.92. The molecule has 1 fully saturated rings. The maximum atomic E-state index is 12.1. The van der Waals surface area contributed by atoms with E-state index in [4.69, 9.17) is 11.6 Å². The molecule has 1 aliphatic rings. The number of nitrogens with one attached hydrogen (secondary N) is 1. The third-order valence-corrected chi connectivity index (χ3v) is 4.21. The van der Waals surface area contributed by atoms with Gasteiger partial charge in [-0.15, -0.1) is 0 Å². The van der Waals surface area contributed by atoms with Gasteiger partial charge < -0.3 is 10.2 Å². The number of hydrogen-bond donors (Lipinski definition) is 1. The van der Waals surface area contributed by atoms with E-state index in [1.807, 2.05) is 0 Å². The number of likely N-dealkylation sites (tertiary alicyclic amines) is 1. The fourth-order valence-electron chi connectivity index (χ4n) is 2.27. The predicted octanol–water partition coefficient (Wildman–Crippen LogP) is 2.20. The summed E-state index contributed by atoms with van der Waals surface area (Å²) in [5.74, 6) is -0.141. The van der Waals surface area contributed by atoms with Crippen LogP contribution in [-0.2, 0) is 0 Å². The Bertz CT molecular complexity index is 456. The largest absolute Gasteiger partial charge is 0.351 e. The lowest BCUT2D eigenvalue weighted by atomic mass is 9.80. The zero-order valence-corrected chi connectivity index (χ0v) is 12.2. The van der Waals surface area contributed by atoms with Crippen LogP contribution in [0.25, 0.3) is 0 Å². The van der Waals surface area contributed by atoms with Crippen LogP contribution in [0.5, 0.6) is 0 Å². The van der Waals surface area contributed by atoms with E-state index >= 15 is 0 Å². The highest BCUT2D eigenvalue weighted by Gasteiger charge is 2.29. The van der Waals surface area contributed by atoms with Gasteiger partial charge in [0, 0.05) is 18.9 Å². The van der Waals surface area contributed by atoms with Crippen LogP contribution >= 0.6 is 11.6 Å². The van der Waals surface area contributed by atoms with Crippen molar-refractivity contribution in [2.45, 2.75) is 19.8 Å². The van der Waals surface area contributed by atoms with Gasteiger partial charge in [0.05, 0.1) is 10.6 Å². The average molecular weight is 282 g/mol. The minimum Gasteiger partial charge on any atom is -0.351 e. The third kappa shape index (κ3) is 3.67. The van der Waals surface area contributed by atoms with Gasteiger partial charge in [-0.05, 0) is 44.5 Å². The normalized spacial score (nSPS) is 19.1. The molecule has 2 heterocycles. The molecule has 1 saturated heterocycles. The number of carbonyl (C=O) groups is 1. The molecule has 0 saturated carbocycles.